The Bertz CT molecular complexity index is 935. The minimum Gasteiger partial charge on any atom is -0.339 e. The molecule has 0 unspecified atom stereocenters. The zero-order valence-electron chi connectivity index (χ0n) is 16.4. The molecule has 0 atom stereocenters. The second-order valence-corrected chi connectivity index (χ2v) is 7.29. The molecule has 1 aliphatic heterocycles. The molecule has 1 N–H and O–H groups in total. The van der Waals surface area contributed by atoms with Crippen molar-refractivity contribution in [3.05, 3.63) is 54.3 Å². The lowest BCUT2D eigenvalue weighted by Crippen LogP contribution is -2.48. The second kappa shape index (κ2) is 8.91. The van der Waals surface area contributed by atoms with Gasteiger partial charge in [0.25, 0.3) is 0 Å². The van der Waals surface area contributed by atoms with Gasteiger partial charge >= 0.3 is 0 Å². The summed E-state index contributed by atoms with van der Waals surface area (Å²) in [5.41, 5.74) is 2.72. The van der Waals surface area contributed by atoms with Gasteiger partial charge in [-0.2, -0.15) is 4.98 Å². The average molecular weight is 392 g/mol. The van der Waals surface area contributed by atoms with Crippen molar-refractivity contribution in [3.8, 4) is 11.5 Å². The quantitative estimate of drug-likeness (QED) is 0.629. The van der Waals surface area contributed by atoms with Gasteiger partial charge in [0, 0.05) is 31.2 Å². The highest BCUT2D eigenvalue weighted by Gasteiger charge is 2.33. The minimum atomic E-state index is -0.0180. The summed E-state index contributed by atoms with van der Waals surface area (Å²) in [5.74, 6) is 1.13. The van der Waals surface area contributed by atoms with Crippen molar-refractivity contribution in [1.82, 2.24) is 25.0 Å². The SMILES string of the molecule is CCCCc1ccc(NC(=O)CN2CC(c3nc(-c4cnccn4)no3)C2)cc1. The normalized spacial score (nSPS) is 14.5. The fourth-order valence-corrected chi connectivity index (χ4v) is 3.31. The van der Waals surface area contributed by atoms with Gasteiger partial charge in [0.1, 0.15) is 5.69 Å². The molecule has 8 nitrogen and oxygen atoms in total. The van der Waals surface area contributed by atoms with Gasteiger partial charge in [-0.05, 0) is 30.5 Å². The Labute approximate surface area is 169 Å². The topological polar surface area (TPSA) is 97.0 Å². The molecule has 0 radical (unpaired) electrons. The Morgan fingerprint density at radius 3 is 2.79 bits per heavy atom. The van der Waals surface area contributed by atoms with E-state index in [1.54, 1.807) is 18.6 Å². The summed E-state index contributed by atoms with van der Waals surface area (Å²) >= 11 is 0. The summed E-state index contributed by atoms with van der Waals surface area (Å²) in [7, 11) is 0. The first kappa shape index (κ1) is 19.2. The molecule has 2 aromatic heterocycles. The number of likely N-dealkylation sites (tertiary alicyclic amines) is 1. The largest absolute Gasteiger partial charge is 0.339 e. The van der Waals surface area contributed by atoms with Crippen LogP contribution in [0.4, 0.5) is 5.69 Å². The summed E-state index contributed by atoms with van der Waals surface area (Å²) in [5, 5.41) is 6.93. The van der Waals surface area contributed by atoms with E-state index < -0.39 is 0 Å². The Kier molecular flexibility index (Phi) is 5.90. The number of rotatable bonds is 8. The highest BCUT2D eigenvalue weighted by atomic mass is 16.5. The number of hydrogen-bond donors (Lipinski definition) is 1. The fourth-order valence-electron chi connectivity index (χ4n) is 3.31. The Morgan fingerprint density at radius 2 is 2.07 bits per heavy atom. The van der Waals surface area contributed by atoms with E-state index >= 15 is 0 Å². The highest BCUT2D eigenvalue weighted by Crippen LogP contribution is 2.26. The minimum absolute atomic E-state index is 0.0180. The summed E-state index contributed by atoms with van der Waals surface area (Å²) < 4.78 is 5.35. The number of nitrogens with one attached hydrogen (secondary N) is 1. The maximum absolute atomic E-state index is 12.3. The van der Waals surface area contributed by atoms with Crippen LogP contribution in [0.1, 0.15) is 37.1 Å². The number of nitrogens with zero attached hydrogens (tertiary/aromatic N) is 5. The van der Waals surface area contributed by atoms with Gasteiger partial charge in [0.2, 0.25) is 17.6 Å². The second-order valence-electron chi connectivity index (χ2n) is 7.29. The predicted octanol–water partition coefficient (Wildman–Crippen LogP) is 2.91. The van der Waals surface area contributed by atoms with Crippen LogP contribution in [0.2, 0.25) is 0 Å². The number of unbranched alkanes of at least 4 members (excludes halogenated alkanes) is 1. The van der Waals surface area contributed by atoms with Crippen LogP contribution in [0.15, 0.2) is 47.4 Å². The zero-order chi connectivity index (χ0) is 20.1. The molecule has 150 valence electrons. The molecule has 8 heteroatoms. The molecule has 1 amide bonds. The molecule has 1 aromatic carbocycles. The van der Waals surface area contributed by atoms with Crippen LogP contribution in [-0.4, -0.2) is 50.5 Å². The van der Waals surface area contributed by atoms with Crippen LogP contribution in [-0.2, 0) is 11.2 Å². The molecular weight excluding hydrogens is 368 g/mol. The maximum Gasteiger partial charge on any atom is 0.238 e. The standard InChI is InChI=1S/C21H24N6O2/c1-2-3-4-15-5-7-17(8-6-15)24-19(28)14-27-12-16(13-27)21-25-20(26-29-21)18-11-22-9-10-23-18/h5-11,16H,2-4,12-14H2,1H3,(H,24,28). The van der Waals surface area contributed by atoms with Crippen molar-refractivity contribution >= 4 is 11.6 Å². The summed E-state index contributed by atoms with van der Waals surface area (Å²) in [4.78, 5) is 26.9. The van der Waals surface area contributed by atoms with Gasteiger partial charge in [-0.1, -0.05) is 30.6 Å². The highest BCUT2D eigenvalue weighted by molar-refractivity contribution is 5.92. The van der Waals surface area contributed by atoms with Crippen molar-refractivity contribution in [3.63, 3.8) is 0 Å². The van der Waals surface area contributed by atoms with Gasteiger partial charge in [-0.25, -0.2) is 4.98 Å². The van der Waals surface area contributed by atoms with Crippen molar-refractivity contribution in [2.75, 3.05) is 25.0 Å². The molecule has 3 heterocycles. The lowest BCUT2D eigenvalue weighted by atomic mass is 10.0. The first-order valence-corrected chi connectivity index (χ1v) is 9.92. The zero-order valence-corrected chi connectivity index (χ0v) is 16.4. The lowest BCUT2D eigenvalue weighted by molar-refractivity contribution is -0.118. The van der Waals surface area contributed by atoms with Crippen molar-refractivity contribution in [2.45, 2.75) is 32.1 Å². The van der Waals surface area contributed by atoms with E-state index in [0.717, 1.165) is 12.1 Å². The third-order valence-electron chi connectivity index (χ3n) is 4.96. The van der Waals surface area contributed by atoms with E-state index in [4.69, 9.17) is 4.52 Å². The Balaban J connectivity index is 1.23. The fraction of sp³-hybridized carbons (Fsp3) is 0.381. The molecule has 4 rings (SSSR count). The molecule has 0 saturated carbocycles. The summed E-state index contributed by atoms with van der Waals surface area (Å²) in [6.45, 7) is 3.96. The van der Waals surface area contributed by atoms with Crippen LogP contribution in [0.3, 0.4) is 0 Å². The van der Waals surface area contributed by atoms with E-state index in [1.165, 1.54) is 18.4 Å². The van der Waals surface area contributed by atoms with Crippen molar-refractivity contribution in [1.29, 1.82) is 0 Å². The smallest absolute Gasteiger partial charge is 0.238 e. The van der Waals surface area contributed by atoms with Crippen LogP contribution >= 0.6 is 0 Å². The van der Waals surface area contributed by atoms with E-state index in [1.807, 2.05) is 12.1 Å². The molecule has 3 aromatic rings. The van der Waals surface area contributed by atoms with Crippen molar-refractivity contribution in [2.24, 2.45) is 0 Å². The van der Waals surface area contributed by atoms with Crippen LogP contribution < -0.4 is 5.32 Å². The summed E-state index contributed by atoms with van der Waals surface area (Å²) in [6, 6.07) is 8.09. The Morgan fingerprint density at radius 1 is 1.24 bits per heavy atom. The molecule has 0 bridgehead atoms. The van der Waals surface area contributed by atoms with E-state index in [0.29, 0.717) is 37.0 Å². The van der Waals surface area contributed by atoms with E-state index in [2.05, 4.69) is 49.4 Å². The third kappa shape index (κ3) is 4.83. The van der Waals surface area contributed by atoms with Crippen molar-refractivity contribution < 1.29 is 9.32 Å². The van der Waals surface area contributed by atoms with Crippen LogP contribution in [0.25, 0.3) is 11.5 Å². The van der Waals surface area contributed by atoms with E-state index in [9.17, 15) is 4.79 Å². The van der Waals surface area contributed by atoms with Gasteiger partial charge < -0.3 is 9.84 Å². The Hall–Kier alpha value is -3.13. The third-order valence-corrected chi connectivity index (χ3v) is 4.96. The number of hydrogen-bond acceptors (Lipinski definition) is 7. The summed E-state index contributed by atoms with van der Waals surface area (Å²) in [6.07, 6.45) is 8.23. The lowest BCUT2D eigenvalue weighted by Gasteiger charge is -2.36. The first-order chi connectivity index (χ1) is 14.2. The number of aryl methyl sites for hydroxylation is 1. The molecule has 1 saturated heterocycles. The van der Waals surface area contributed by atoms with Gasteiger partial charge in [-0.3, -0.25) is 14.7 Å². The van der Waals surface area contributed by atoms with Crippen LogP contribution in [0, 0.1) is 0 Å². The molecule has 0 spiro atoms. The average Bonchev–Trinajstić information content (AvgIpc) is 3.20. The monoisotopic (exact) mass is 392 g/mol. The molecule has 1 aliphatic rings. The van der Waals surface area contributed by atoms with E-state index in [-0.39, 0.29) is 11.8 Å². The van der Waals surface area contributed by atoms with Gasteiger partial charge in [-0.15, -0.1) is 0 Å². The van der Waals surface area contributed by atoms with Crippen LogP contribution in [0.5, 0.6) is 0 Å². The number of amides is 1. The number of carbonyl (C=O) groups is 1. The molecule has 1 fully saturated rings. The number of benzene rings is 1. The van der Waals surface area contributed by atoms with Gasteiger partial charge in [0.05, 0.1) is 18.7 Å². The first-order valence-electron chi connectivity index (χ1n) is 9.92. The maximum atomic E-state index is 12.3. The number of aromatic nitrogens is 4. The number of anilines is 1. The number of carbonyl (C=O) groups excluding carboxylic acids is 1. The molecule has 0 aliphatic carbocycles. The molecule has 29 heavy (non-hydrogen) atoms. The molecular formula is C21H24N6O2. The van der Waals surface area contributed by atoms with Gasteiger partial charge in [0.15, 0.2) is 0 Å². The predicted molar refractivity (Wildman–Crippen MR) is 108 cm³/mol.